The maximum atomic E-state index is 13.1. The molecule has 0 bridgehead atoms. The van der Waals surface area contributed by atoms with E-state index in [-0.39, 0.29) is 17.3 Å². The van der Waals surface area contributed by atoms with Gasteiger partial charge < -0.3 is 11.1 Å². The van der Waals surface area contributed by atoms with Gasteiger partial charge in [-0.3, -0.25) is 4.79 Å². The van der Waals surface area contributed by atoms with E-state index >= 15 is 0 Å². The van der Waals surface area contributed by atoms with Crippen molar-refractivity contribution in [3.8, 4) is 0 Å². The van der Waals surface area contributed by atoms with Crippen molar-refractivity contribution in [2.45, 2.75) is 36.6 Å². The Bertz CT molecular complexity index is 899. The molecule has 1 amide bonds. The maximum Gasteiger partial charge on any atom is 0.243 e. The zero-order chi connectivity index (χ0) is 19.4. The monoisotopic (exact) mass is 412 g/mol. The fourth-order valence-electron chi connectivity index (χ4n) is 3.07. The number of anilines is 1. The number of nitrogens with two attached hydrogens (primary N) is 1. The number of hydrogen-bond donors (Lipinski definition) is 2. The molecule has 0 aliphatic carbocycles. The summed E-state index contributed by atoms with van der Waals surface area (Å²) in [5.74, 6) is -0.817. The molecule has 1 aliphatic rings. The van der Waals surface area contributed by atoms with Crippen LogP contribution in [0.3, 0.4) is 0 Å². The largest absolute Gasteiger partial charge is 0.375 e. The Morgan fingerprint density at radius 3 is 2.78 bits per heavy atom. The fourth-order valence-corrected chi connectivity index (χ4v) is 5.32. The van der Waals surface area contributed by atoms with E-state index in [1.54, 1.807) is 0 Å². The third-order valence-corrected chi connectivity index (χ3v) is 7.05. The Morgan fingerprint density at radius 1 is 1.37 bits per heavy atom. The summed E-state index contributed by atoms with van der Waals surface area (Å²) in [6, 6.07) is 3.90. The van der Waals surface area contributed by atoms with Crippen LogP contribution in [0.15, 0.2) is 34.5 Å². The number of nitrogens with zero attached hydrogens (tertiary/aromatic N) is 2. The van der Waals surface area contributed by atoms with Crippen LogP contribution in [-0.2, 0) is 21.2 Å². The van der Waals surface area contributed by atoms with E-state index in [1.807, 2.05) is 5.38 Å². The van der Waals surface area contributed by atoms with E-state index < -0.39 is 21.9 Å². The first-order valence-corrected chi connectivity index (χ1v) is 10.9. The van der Waals surface area contributed by atoms with Crippen LogP contribution >= 0.6 is 11.3 Å². The highest BCUT2D eigenvalue weighted by Gasteiger charge is 2.39. The molecule has 1 aromatic heterocycles. The molecule has 0 saturated carbocycles. The van der Waals surface area contributed by atoms with Gasteiger partial charge in [0.05, 0.1) is 10.6 Å². The molecule has 1 fully saturated rings. The molecule has 1 unspecified atom stereocenters. The van der Waals surface area contributed by atoms with Crippen LogP contribution in [-0.4, -0.2) is 42.7 Å². The number of carbonyl (C=O) groups excluding carboxylic acids is 1. The number of benzene rings is 1. The zero-order valence-corrected chi connectivity index (χ0v) is 16.2. The first-order valence-electron chi connectivity index (χ1n) is 8.63. The second kappa shape index (κ2) is 8.32. The van der Waals surface area contributed by atoms with Crippen molar-refractivity contribution in [2.24, 2.45) is 0 Å². The van der Waals surface area contributed by atoms with Gasteiger partial charge in [0.25, 0.3) is 0 Å². The van der Waals surface area contributed by atoms with Crippen molar-refractivity contribution < 1.29 is 17.6 Å². The first-order chi connectivity index (χ1) is 12.9. The fraction of sp³-hybridized carbons (Fsp3) is 0.412. The minimum Gasteiger partial charge on any atom is -0.375 e. The van der Waals surface area contributed by atoms with Crippen LogP contribution in [0.4, 0.5) is 9.52 Å². The van der Waals surface area contributed by atoms with Crippen molar-refractivity contribution in [2.75, 3.05) is 18.8 Å². The van der Waals surface area contributed by atoms with E-state index in [0.717, 1.165) is 17.8 Å². The van der Waals surface area contributed by atoms with Gasteiger partial charge in [0, 0.05) is 18.5 Å². The number of nitrogen functional groups attached to an aromatic ring is 1. The van der Waals surface area contributed by atoms with Crippen LogP contribution in [0.1, 0.15) is 25.0 Å². The molecule has 7 nitrogen and oxygen atoms in total. The number of aryl methyl sites for hydroxylation is 1. The van der Waals surface area contributed by atoms with E-state index in [4.69, 9.17) is 5.73 Å². The van der Waals surface area contributed by atoms with Gasteiger partial charge in [-0.2, -0.15) is 4.31 Å². The summed E-state index contributed by atoms with van der Waals surface area (Å²) in [5.41, 5.74) is 6.46. The molecular weight excluding hydrogens is 391 g/mol. The van der Waals surface area contributed by atoms with Gasteiger partial charge in [0.2, 0.25) is 15.9 Å². The number of halogens is 1. The predicted octanol–water partition coefficient (Wildman–Crippen LogP) is 1.77. The third-order valence-electron chi connectivity index (χ3n) is 4.40. The van der Waals surface area contributed by atoms with Crippen molar-refractivity contribution in [3.63, 3.8) is 0 Å². The van der Waals surface area contributed by atoms with Crippen molar-refractivity contribution in [1.82, 2.24) is 14.6 Å². The average Bonchev–Trinajstić information content (AvgIpc) is 3.28. The Kier molecular flexibility index (Phi) is 6.08. The van der Waals surface area contributed by atoms with Gasteiger partial charge in [-0.25, -0.2) is 17.8 Å². The third kappa shape index (κ3) is 4.63. The molecular formula is C17H21FN4O3S2. The van der Waals surface area contributed by atoms with Crippen molar-refractivity contribution in [3.05, 3.63) is 41.2 Å². The number of aromatic nitrogens is 1. The standard InChI is InChI=1S/C17H21FN4O3S2/c18-12-5-7-14(8-6-12)27(24,25)22-10-2-4-15(22)16(23)20-9-1-3-13-11-26-17(19)21-13/h5-8,11,15H,1-4,9-10H2,(H2,19,21)(H,20,23). The summed E-state index contributed by atoms with van der Waals surface area (Å²) in [7, 11) is -3.84. The van der Waals surface area contributed by atoms with Crippen LogP contribution in [0.25, 0.3) is 0 Å². The zero-order valence-electron chi connectivity index (χ0n) is 14.6. The van der Waals surface area contributed by atoms with Crippen LogP contribution in [0.5, 0.6) is 0 Å². The summed E-state index contributed by atoms with van der Waals surface area (Å²) in [5, 5.41) is 5.20. The van der Waals surface area contributed by atoms with E-state index in [0.29, 0.717) is 37.4 Å². The van der Waals surface area contributed by atoms with Gasteiger partial charge in [-0.05, 0) is 49.9 Å². The molecule has 3 rings (SSSR count). The summed E-state index contributed by atoms with van der Waals surface area (Å²) >= 11 is 1.37. The first kappa shape index (κ1) is 19.7. The van der Waals surface area contributed by atoms with E-state index in [2.05, 4.69) is 10.3 Å². The second-order valence-electron chi connectivity index (χ2n) is 6.30. The topological polar surface area (TPSA) is 105 Å². The molecule has 1 saturated heterocycles. The SMILES string of the molecule is Nc1nc(CCCNC(=O)C2CCCN2S(=O)(=O)c2ccc(F)cc2)cs1. The van der Waals surface area contributed by atoms with E-state index in [9.17, 15) is 17.6 Å². The minimum atomic E-state index is -3.84. The molecule has 2 aromatic rings. The molecule has 1 atom stereocenters. The van der Waals surface area contributed by atoms with Crippen LogP contribution in [0.2, 0.25) is 0 Å². The van der Waals surface area contributed by atoms with Gasteiger partial charge in [-0.15, -0.1) is 11.3 Å². The van der Waals surface area contributed by atoms with Crippen molar-refractivity contribution in [1.29, 1.82) is 0 Å². The summed E-state index contributed by atoms with van der Waals surface area (Å²) in [6.45, 7) is 0.701. The number of hydrogen-bond acceptors (Lipinski definition) is 6. The minimum absolute atomic E-state index is 0.00952. The summed E-state index contributed by atoms with van der Waals surface area (Å²) < 4.78 is 39.8. The highest BCUT2D eigenvalue weighted by Crippen LogP contribution is 2.26. The average molecular weight is 413 g/mol. The van der Waals surface area contributed by atoms with E-state index in [1.165, 1.54) is 27.8 Å². The lowest BCUT2D eigenvalue weighted by Crippen LogP contribution is -2.46. The molecule has 3 N–H and O–H groups in total. The van der Waals surface area contributed by atoms with Crippen LogP contribution in [0, 0.1) is 5.82 Å². The summed E-state index contributed by atoms with van der Waals surface area (Å²) in [4.78, 5) is 16.6. The lowest BCUT2D eigenvalue weighted by atomic mass is 10.2. The highest BCUT2D eigenvalue weighted by atomic mass is 32.2. The molecule has 0 radical (unpaired) electrons. The number of thiazole rings is 1. The van der Waals surface area contributed by atoms with Gasteiger partial charge in [0.15, 0.2) is 5.13 Å². The molecule has 2 heterocycles. The molecule has 0 spiro atoms. The predicted molar refractivity (Wildman–Crippen MR) is 101 cm³/mol. The normalized spacial score (nSPS) is 17.9. The van der Waals surface area contributed by atoms with Gasteiger partial charge in [0.1, 0.15) is 11.9 Å². The van der Waals surface area contributed by atoms with Gasteiger partial charge >= 0.3 is 0 Å². The van der Waals surface area contributed by atoms with Crippen LogP contribution < -0.4 is 11.1 Å². The second-order valence-corrected chi connectivity index (χ2v) is 9.08. The Balaban J connectivity index is 1.58. The number of nitrogens with one attached hydrogen (secondary N) is 1. The Hall–Kier alpha value is -2.04. The smallest absolute Gasteiger partial charge is 0.243 e. The number of sulfonamides is 1. The molecule has 1 aliphatic heterocycles. The quantitative estimate of drug-likeness (QED) is 0.674. The number of carbonyl (C=O) groups is 1. The lowest BCUT2D eigenvalue weighted by Gasteiger charge is -2.23. The van der Waals surface area contributed by atoms with Gasteiger partial charge in [-0.1, -0.05) is 0 Å². The molecule has 1 aromatic carbocycles. The maximum absolute atomic E-state index is 13.1. The number of rotatable bonds is 7. The highest BCUT2D eigenvalue weighted by molar-refractivity contribution is 7.89. The molecule has 10 heteroatoms. The van der Waals surface area contributed by atoms with Crippen molar-refractivity contribution >= 4 is 32.4 Å². The number of amides is 1. The Labute approximate surface area is 161 Å². The Morgan fingerprint density at radius 2 is 2.11 bits per heavy atom. The molecule has 146 valence electrons. The lowest BCUT2D eigenvalue weighted by molar-refractivity contribution is -0.124. The molecule has 27 heavy (non-hydrogen) atoms. The summed E-state index contributed by atoms with van der Waals surface area (Å²) in [6.07, 6.45) is 2.45.